The Balaban J connectivity index is 2.20. The molecule has 1 heterocycles. The van der Waals surface area contributed by atoms with Crippen LogP contribution in [0.3, 0.4) is 0 Å². The predicted octanol–water partition coefficient (Wildman–Crippen LogP) is 4.07. The van der Waals surface area contributed by atoms with E-state index in [9.17, 15) is 17.6 Å². The lowest BCUT2D eigenvalue weighted by molar-refractivity contribution is -0.145. The van der Waals surface area contributed by atoms with Crippen molar-refractivity contribution >= 4 is 6.08 Å². The van der Waals surface area contributed by atoms with Gasteiger partial charge >= 0.3 is 6.18 Å². The fourth-order valence-corrected chi connectivity index (χ4v) is 1.37. The van der Waals surface area contributed by atoms with E-state index in [0.717, 1.165) is 12.4 Å². The summed E-state index contributed by atoms with van der Waals surface area (Å²) in [5.41, 5.74) is 0.554. The molecule has 0 aliphatic heterocycles. The van der Waals surface area contributed by atoms with E-state index < -0.39 is 17.8 Å². The van der Waals surface area contributed by atoms with Crippen molar-refractivity contribution in [3.8, 4) is 11.5 Å². The highest BCUT2D eigenvalue weighted by Gasteiger charge is 2.34. The lowest BCUT2D eigenvalue weighted by Gasteiger charge is -2.08. The number of aromatic nitrogens is 2. The quantitative estimate of drug-likeness (QED) is 0.797. The van der Waals surface area contributed by atoms with Crippen LogP contribution in [-0.2, 0) is 6.18 Å². The van der Waals surface area contributed by atoms with Crippen molar-refractivity contribution in [1.29, 1.82) is 0 Å². The average molecular weight is 284 g/mol. The standard InChI is InChI=1S/C13H8F4N2O/c1-2-8-3-4-11(10(14)5-8)20-9-6-18-12(19-7-9)13(15,16)17/h2-7H,1H2. The second kappa shape index (κ2) is 5.28. The van der Waals surface area contributed by atoms with Crippen molar-refractivity contribution in [3.63, 3.8) is 0 Å². The summed E-state index contributed by atoms with van der Waals surface area (Å²) < 4.78 is 55.4. The largest absolute Gasteiger partial charge is 0.451 e. The van der Waals surface area contributed by atoms with E-state index in [1.54, 1.807) is 6.07 Å². The molecule has 0 bridgehead atoms. The second-order valence-corrected chi connectivity index (χ2v) is 3.74. The first-order chi connectivity index (χ1) is 9.40. The molecule has 20 heavy (non-hydrogen) atoms. The van der Waals surface area contributed by atoms with Gasteiger partial charge in [-0.25, -0.2) is 14.4 Å². The Morgan fingerprint density at radius 1 is 1.15 bits per heavy atom. The number of rotatable bonds is 3. The molecule has 3 nitrogen and oxygen atoms in total. The van der Waals surface area contributed by atoms with Gasteiger partial charge in [-0.3, -0.25) is 0 Å². The van der Waals surface area contributed by atoms with Crippen LogP contribution in [0, 0.1) is 5.82 Å². The van der Waals surface area contributed by atoms with Gasteiger partial charge in [0.2, 0.25) is 5.82 Å². The number of alkyl halides is 3. The zero-order valence-electron chi connectivity index (χ0n) is 9.99. The molecule has 0 amide bonds. The molecule has 0 spiro atoms. The van der Waals surface area contributed by atoms with E-state index in [-0.39, 0.29) is 11.5 Å². The highest BCUT2D eigenvalue weighted by atomic mass is 19.4. The summed E-state index contributed by atoms with van der Waals surface area (Å²) in [6.45, 7) is 3.48. The van der Waals surface area contributed by atoms with Crippen molar-refractivity contribution in [2.75, 3.05) is 0 Å². The smallest absolute Gasteiger partial charge is 0.451 e. The van der Waals surface area contributed by atoms with Crippen molar-refractivity contribution in [3.05, 3.63) is 54.4 Å². The summed E-state index contributed by atoms with van der Waals surface area (Å²) in [7, 11) is 0. The molecule has 0 saturated heterocycles. The van der Waals surface area contributed by atoms with Crippen LogP contribution in [0.1, 0.15) is 11.4 Å². The van der Waals surface area contributed by atoms with E-state index in [2.05, 4.69) is 16.5 Å². The molecule has 2 rings (SSSR count). The van der Waals surface area contributed by atoms with Gasteiger partial charge in [0.05, 0.1) is 12.4 Å². The van der Waals surface area contributed by atoms with Crippen LogP contribution < -0.4 is 4.74 Å². The second-order valence-electron chi connectivity index (χ2n) is 3.74. The highest BCUT2D eigenvalue weighted by molar-refractivity contribution is 5.49. The molecule has 0 radical (unpaired) electrons. The summed E-state index contributed by atoms with van der Waals surface area (Å²) in [5.74, 6) is -2.18. The number of hydrogen-bond acceptors (Lipinski definition) is 3. The van der Waals surface area contributed by atoms with Gasteiger partial charge in [0.1, 0.15) is 0 Å². The third kappa shape index (κ3) is 3.11. The molecule has 0 fully saturated rings. The monoisotopic (exact) mass is 284 g/mol. The lowest BCUT2D eigenvalue weighted by atomic mass is 10.2. The Labute approximate surface area is 111 Å². The zero-order valence-corrected chi connectivity index (χ0v) is 9.99. The van der Waals surface area contributed by atoms with Gasteiger partial charge in [-0.05, 0) is 17.7 Å². The van der Waals surface area contributed by atoms with Crippen LogP contribution in [0.4, 0.5) is 17.6 Å². The third-order valence-corrected chi connectivity index (χ3v) is 2.30. The minimum absolute atomic E-state index is 0.0942. The van der Waals surface area contributed by atoms with Crippen LogP contribution in [0.25, 0.3) is 6.08 Å². The van der Waals surface area contributed by atoms with Gasteiger partial charge in [-0.1, -0.05) is 18.7 Å². The SMILES string of the molecule is C=Cc1ccc(Oc2cnc(C(F)(F)F)nc2)c(F)c1. The number of benzene rings is 1. The minimum atomic E-state index is -4.63. The first-order valence-corrected chi connectivity index (χ1v) is 5.39. The van der Waals surface area contributed by atoms with E-state index in [1.807, 2.05) is 0 Å². The van der Waals surface area contributed by atoms with Crippen LogP contribution in [0.15, 0.2) is 37.2 Å². The fourth-order valence-electron chi connectivity index (χ4n) is 1.37. The van der Waals surface area contributed by atoms with Crippen LogP contribution in [-0.4, -0.2) is 9.97 Å². The molecule has 7 heteroatoms. The van der Waals surface area contributed by atoms with Crippen molar-refractivity contribution in [2.24, 2.45) is 0 Å². The lowest BCUT2D eigenvalue weighted by Crippen LogP contribution is -2.10. The van der Waals surface area contributed by atoms with Crippen LogP contribution in [0.2, 0.25) is 0 Å². The molecule has 0 saturated carbocycles. The number of hydrogen-bond donors (Lipinski definition) is 0. The van der Waals surface area contributed by atoms with Gasteiger partial charge < -0.3 is 4.74 Å². The number of nitrogens with zero attached hydrogens (tertiary/aromatic N) is 2. The van der Waals surface area contributed by atoms with E-state index in [4.69, 9.17) is 4.74 Å². The number of halogens is 4. The molecule has 0 aliphatic carbocycles. The maximum atomic E-state index is 13.6. The van der Waals surface area contributed by atoms with Gasteiger partial charge in [0.25, 0.3) is 0 Å². The Hall–Kier alpha value is -2.44. The first-order valence-electron chi connectivity index (χ1n) is 5.39. The van der Waals surface area contributed by atoms with Gasteiger partial charge in [0, 0.05) is 0 Å². The third-order valence-electron chi connectivity index (χ3n) is 2.30. The molecular weight excluding hydrogens is 276 g/mol. The summed E-state index contributed by atoms with van der Waals surface area (Å²) in [4.78, 5) is 6.22. The maximum Gasteiger partial charge on any atom is 0.451 e. The summed E-state index contributed by atoms with van der Waals surface area (Å²) in [6.07, 6.45) is -1.52. The Kier molecular flexibility index (Phi) is 3.69. The van der Waals surface area contributed by atoms with Crippen molar-refractivity contribution < 1.29 is 22.3 Å². The predicted molar refractivity (Wildman–Crippen MR) is 63.6 cm³/mol. The molecule has 0 N–H and O–H groups in total. The molecule has 2 aromatic rings. The summed E-state index contributed by atoms with van der Waals surface area (Å²) in [6, 6.07) is 4.08. The van der Waals surface area contributed by atoms with E-state index in [0.29, 0.717) is 5.56 Å². The maximum absolute atomic E-state index is 13.6. The van der Waals surface area contributed by atoms with E-state index >= 15 is 0 Å². The van der Waals surface area contributed by atoms with Gasteiger partial charge in [-0.15, -0.1) is 0 Å². The highest BCUT2D eigenvalue weighted by Crippen LogP contribution is 2.28. The van der Waals surface area contributed by atoms with Gasteiger partial charge in [-0.2, -0.15) is 13.2 Å². The van der Waals surface area contributed by atoms with Crippen LogP contribution >= 0.6 is 0 Å². The first kappa shape index (κ1) is 14.0. The van der Waals surface area contributed by atoms with Crippen molar-refractivity contribution in [2.45, 2.75) is 6.18 Å². The van der Waals surface area contributed by atoms with E-state index in [1.165, 1.54) is 18.2 Å². The topological polar surface area (TPSA) is 35.0 Å². The summed E-state index contributed by atoms with van der Waals surface area (Å²) >= 11 is 0. The fraction of sp³-hybridized carbons (Fsp3) is 0.0769. The minimum Gasteiger partial charge on any atom is -0.451 e. The van der Waals surface area contributed by atoms with Crippen LogP contribution in [0.5, 0.6) is 11.5 Å². The molecule has 0 atom stereocenters. The number of ether oxygens (including phenoxy) is 1. The van der Waals surface area contributed by atoms with Gasteiger partial charge in [0.15, 0.2) is 17.3 Å². The average Bonchev–Trinajstić information content (AvgIpc) is 2.40. The normalized spacial score (nSPS) is 11.2. The molecule has 104 valence electrons. The molecule has 1 aromatic carbocycles. The summed E-state index contributed by atoms with van der Waals surface area (Å²) in [5, 5.41) is 0. The molecular formula is C13H8F4N2O. The Bertz CT molecular complexity index is 623. The molecule has 1 aromatic heterocycles. The molecule has 0 unspecified atom stereocenters. The Morgan fingerprint density at radius 2 is 1.80 bits per heavy atom. The Morgan fingerprint density at radius 3 is 2.30 bits per heavy atom. The van der Waals surface area contributed by atoms with Crippen molar-refractivity contribution in [1.82, 2.24) is 9.97 Å². The molecule has 0 aliphatic rings. The zero-order chi connectivity index (χ0) is 14.8.